The summed E-state index contributed by atoms with van der Waals surface area (Å²) in [6, 6.07) is 8.91. The lowest BCUT2D eigenvalue weighted by atomic mass is 10.2. The molecule has 1 amide bonds. The average Bonchev–Trinajstić information content (AvgIpc) is 3.25. The number of aliphatic hydroxyl groups excluding tert-OH is 1. The van der Waals surface area contributed by atoms with Crippen molar-refractivity contribution in [1.82, 2.24) is 14.7 Å². The van der Waals surface area contributed by atoms with Crippen LogP contribution in [0.3, 0.4) is 0 Å². The van der Waals surface area contributed by atoms with Crippen LogP contribution in [-0.2, 0) is 28.0 Å². The zero-order valence-electron chi connectivity index (χ0n) is 15.7. The summed E-state index contributed by atoms with van der Waals surface area (Å²) in [7, 11) is 3.11. The zero-order valence-corrected chi connectivity index (χ0v) is 15.7. The molecule has 2 N–H and O–H groups in total. The fraction of sp³-hybridized carbons (Fsp3) is 0.316. The second kappa shape index (κ2) is 8.57. The van der Waals surface area contributed by atoms with Gasteiger partial charge in [0.1, 0.15) is 18.1 Å². The van der Waals surface area contributed by atoms with Gasteiger partial charge in [-0.15, -0.1) is 0 Å². The summed E-state index contributed by atoms with van der Waals surface area (Å²) in [6.07, 6.45) is 1.71. The number of nitrogens with one attached hydrogen (secondary N) is 1. The molecular weight excluding hydrogens is 364 g/mol. The van der Waals surface area contributed by atoms with Gasteiger partial charge in [0.2, 0.25) is 0 Å². The molecule has 0 spiro atoms. The molecular formula is C19H22N4O5. The smallest absolute Gasteiger partial charge is 0.337 e. The van der Waals surface area contributed by atoms with Crippen molar-refractivity contribution in [2.24, 2.45) is 7.05 Å². The minimum atomic E-state index is -0.576. The van der Waals surface area contributed by atoms with Crippen LogP contribution in [0.2, 0.25) is 0 Å². The van der Waals surface area contributed by atoms with Crippen molar-refractivity contribution < 1.29 is 24.2 Å². The van der Waals surface area contributed by atoms with Crippen molar-refractivity contribution in [3.8, 4) is 5.75 Å². The van der Waals surface area contributed by atoms with Crippen LogP contribution < -0.4 is 10.1 Å². The molecule has 28 heavy (non-hydrogen) atoms. The number of aryl methyl sites for hydroxylation is 1. The van der Waals surface area contributed by atoms with E-state index in [1.54, 1.807) is 35.1 Å². The number of hydrogen-bond acceptors (Lipinski definition) is 7. The van der Waals surface area contributed by atoms with Crippen LogP contribution in [-0.4, -0.2) is 58.5 Å². The summed E-state index contributed by atoms with van der Waals surface area (Å²) in [5.41, 5.74) is 1.96. The third-order valence-electron chi connectivity index (χ3n) is 4.39. The van der Waals surface area contributed by atoms with Crippen molar-refractivity contribution in [1.29, 1.82) is 0 Å². The topological polar surface area (TPSA) is 106 Å². The van der Waals surface area contributed by atoms with Crippen molar-refractivity contribution in [2.45, 2.75) is 6.61 Å². The molecule has 0 atom stereocenters. The van der Waals surface area contributed by atoms with Gasteiger partial charge in [-0.25, -0.2) is 4.79 Å². The molecule has 3 rings (SSSR count). The van der Waals surface area contributed by atoms with E-state index in [1.165, 1.54) is 12.0 Å². The van der Waals surface area contributed by atoms with Crippen LogP contribution in [0.15, 0.2) is 47.8 Å². The van der Waals surface area contributed by atoms with E-state index in [-0.39, 0.29) is 36.9 Å². The fourth-order valence-corrected chi connectivity index (χ4v) is 2.83. The molecule has 148 valence electrons. The summed E-state index contributed by atoms with van der Waals surface area (Å²) < 4.78 is 12.2. The van der Waals surface area contributed by atoms with Crippen molar-refractivity contribution in [2.75, 3.05) is 32.1 Å². The van der Waals surface area contributed by atoms with Crippen LogP contribution >= 0.6 is 0 Å². The second-order valence-electron chi connectivity index (χ2n) is 6.18. The second-order valence-corrected chi connectivity index (χ2v) is 6.18. The minimum Gasteiger partial charge on any atom is -0.487 e. The highest BCUT2D eigenvalue weighted by molar-refractivity contribution is 6.08. The van der Waals surface area contributed by atoms with Crippen LogP contribution in [0.1, 0.15) is 5.69 Å². The molecule has 0 saturated carbocycles. The van der Waals surface area contributed by atoms with Gasteiger partial charge in [-0.05, 0) is 30.3 Å². The Bertz CT molecular complexity index is 888. The van der Waals surface area contributed by atoms with Gasteiger partial charge >= 0.3 is 5.97 Å². The molecule has 0 unspecified atom stereocenters. The number of esters is 1. The number of hydrogen-bond donors (Lipinski definition) is 2. The average molecular weight is 386 g/mol. The maximum Gasteiger partial charge on any atom is 0.337 e. The Balaban J connectivity index is 1.70. The van der Waals surface area contributed by atoms with E-state index >= 15 is 0 Å². The number of methoxy groups -OCH3 is 1. The number of amides is 1. The van der Waals surface area contributed by atoms with E-state index < -0.39 is 5.97 Å². The monoisotopic (exact) mass is 386 g/mol. The Morgan fingerprint density at radius 2 is 2.04 bits per heavy atom. The first-order chi connectivity index (χ1) is 13.5. The van der Waals surface area contributed by atoms with Crippen LogP contribution in [0.25, 0.3) is 0 Å². The summed E-state index contributed by atoms with van der Waals surface area (Å²) >= 11 is 0. The third-order valence-corrected chi connectivity index (χ3v) is 4.39. The van der Waals surface area contributed by atoms with Gasteiger partial charge in [-0.2, -0.15) is 5.10 Å². The van der Waals surface area contributed by atoms with Gasteiger partial charge < -0.3 is 24.8 Å². The predicted molar refractivity (Wildman–Crippen MR) is 100 cm³/mol. The zero-order chi connectivity index (χ0) is 20.1. The van der Waals surface area contributed by atoms with Crippen LogP contribution in [0.5, 0.6) is 5.75 Å². The Hall–Kier alpha value is -3.33. The molecule has 0 radical (unpaired) electrons. The summed E-state index contributed by atoms with van der Waals surface area (Å²) in [5.74, 6) is -0.271. The number of aliphatic hydroxyl groups is 1. The molecule has 1 aromatic carbocycles. The first kappa shape index (κ1) is 19.4. The molecule has 9 heteroatoms. The highest BCUT2D eigenvalue weighted by Gasteiger charge is 2.34. The van der Waals surface area contributed by atoms with Gasteiger partial charge in [-0.1, -0.05) is 0 Å². The normalized spacial score (nSPS) is 13.8. The first-order valence-electron chi connectivity index (χ1n) is 8.72. The largest absolute Gasteiger partial charge is 0.487 e. The first-order valence-corrected chi connectivity index (χ1v) is 8.72. The quantitative estimate of drug-likeness (QED) is 0.643. The molecule has 0 bridgehead atoms. The van der Waals surface area contributed by atoms with Crippen molar-refractivity contribution >= 4 is 17.6 Å². The third kappa shape index (κ3) is 4.15. The maximum atomic E-state index is 12.5. The predicted octanol–water partition coefficient (Wildman–Crippen LogP) is 0.673. The number of anilines is 1. The van der Waals surface area contributed by atoms with E-state index in [4.69, 9.17) is 14.6 Å². The summed E-state index contributed by atoms with van der Waals surface area (Å²) in [5, 5.41) is 16.2. The number of ether oxygens (including phenoxy) is 2. The molecule has 1 aliphatic rings. The standard InChI is InChI=1S/C19H22N4O5/c1-22-14(7-8-20-22)12-28-15-5-3-13(4-6-15)21-17-16(19(26)27-2)11-23(9-10-24)18(17)25/h3-8,21,24H,9-12H2,1-2H3. The number of carbonyl (C=O) groups is 2. The van der Waals surface area contributed by atoms with Gasteiger partial charge in [0.15, 0.2) is 0 Å². The van der Waals surface area contributed by atoms with Crippen molar-refractivity contribution in [3.05, 3.63) is 53.5 Å². The molecule has 0 saturated heterocycles. The number of aromatic nitrogens is 2. The Morgan fingerprint density at radius 1 is 1.29 bits per heavy atom. The highest BCUT2D eigenvalue weighted by atomic mass is 16.5. The minimum absolute atomic E-state index is 0.0975. The molecule has 2 heterocycles. The van der Waals surface area contributed by atoms with Gasteiger partial charge in [-0.3, -0.25) is 9.48 Å². The number of benzene rings is 1. The van der Waals surface area contributed by atoms with E-state index in [0.717, 1.165) is 5.69 Å². The Kier molecular flexibility index (Phi) is 5.95. The maximum absolute atomic E-state index is 12.5. The Morgan fingerprint density at radius 3 is 2.64 bits per heavy atom. The number of carbonyl (C=O) groups excluding carboxylic acids is 2. The SMILES string of the molecule is COC(=O)C1=C(Nc2ccc(OCc3ccnn3C)cc2)C(=O)N(CCO)C1. The van der Waals surface area contributed by atoms with Gasteiger partial charge in [0.25, 0.3) is 5.91 Å². The van der Waals surface area contributed by atoms with Crippen LogP contribution in [0, 0.1) is 0 Å². The van der Waals surface area contributed by atoms with E-state index in [2.05, 4.69) is 10.4 Å². The Labute approximate surface area is 162 Å². The molecule has 1 aliphatic heterocycles. The van der Waals surface area contributed by atoms with E-state index in [0.29, 0.717) is 18.0 Å². The lowest BCUT2D eigenvalue weighted by Gasteiger charge is -2.15. The molecule has 9 nitrogen and oxygen atoms in total. The molecule has 1 aromatic heterocycles. The van der Waals surface area contributed by atoms with Crippen LogP contribution in [0.4, 0.5) is 5.69 Å². The summed E-state index contributed by atoms with van der Waals surface area (Å²) in [4.78, 5) is 25.9. The fourth-order valence-electron chi connectivity index (χ4n) is 2.83. The van der Waals surface area contributed by atoms with Crippen molar-refractivity contribution in [3.63, 3.8) is 0 Å². The van der Waals surface area contributed by atoms with Gasteiger partial charge in [0.05, 0.1) is 31.5 Å². The number of β-amino-alcohol motifs (C(OH)–C–C–N with tert-alkyl or cyclic N) is 1. The molecule has 0 fully saturated rings. The lowest BCUT2D eigenvalue weighted by Crippen LogP contribution is -2.31. The van der Waals surface area contributed by atoms with E-state index in [9.17, 15) is 9.59 Å². The highest BCUT2D eigenvalue weighted by Crippen LogP contribution is 2.24. The van der Waals surface area contributed by atoms with Gasteiger partial charge in [0, 0.05) is 25.5 Å². The summed E-state index contributed by atoms with van der Waals surface area (Å²) in [6.45, 7) is 0.442. The number of nitrogens with zero attached hydrogens (tertiary/aromatic N) is 3. The van der Waals surface area contributed by atoms with E-state index in [1.807, 2.05) is 13.1 Å². The number of rotatable bonds is 8. The molecule has 0 aliphatic carbocycles. The lowest BCUT2D eigenvalue weighted by molar-refractivity contribution is -0.136. The molecule has 2 aromatic rings.